The van der Waals surface area contributed by atoms with Gasteiger partial charge in [0, 0.05) is 6.92 Å². The van der Waals surface area contributed by atoms with Gasteiger partial charge in [0.05, 0.1) is 0 Å². The summed E-state index contributed by atoms with van der Waals surface area (Å²) in [7, 11) is 0. The maximum atomic E-state index is 10.0. The van der Waals surface area contributed by atoms with Gasteiger partial charge >= 0.3 is 0 Å². The molecule has 0 aromatic carbocycles. The molecule has 0 rings (SSSR count). The summed E-state index contributed by atoms with van der Waals surface area (Å²) >= 11 is 0. The Labute approximate surface area is 118 Å². The molecular weight excluding hydrogens is 240 g/mol. The molecule has 3 nitrogen and oxygen atoms in total. The number of aliphatic carboxylic acids is 1. The minimum Gasteiger partial charge on any atom is -0.481 e. The number of unbranched alkanes of at least 4 members (excludes halogenated alkanes) is 1. The zero-order chi connectivity index (χ0) is 15.7. The van der Waals surface area contributed by atoms with Crippen LogP contribution in [-0.2, 0) is 9.59 Å². The summed E-state index contributed by atoms with van der Waals surface area (Å²) in [4.78, 5) is 19.0. The van der Waals surface area contributed by atoms with Crippen molar-refractivity contribution >= 4 is 12.3 Å². The molecule has 0 atom stereocenters. The fraction of sp³-hybridized carbons (Fsp3) is 0.625. The fourth-order valence-corrected chi connectivity index (χ4v) is 0.788. The van der Waals surface area contributed by atoms with Crippen LogP contribution in [0.1, 0.15) is 67.2 Å². The largest absolute Gasteiger partial charge is 0.481 e. The van der Waals surface area contributed by atoms with Crippen LogP contribution in [0.5, 0.6) is 0 Å². The first kappa shape index (κ1) is 22.8. The van der Waals surface area contributed by atoms with Gasteiger partial charge in [0.25, 0.3) is 5.97 Å². The lowest BCUT2D eigenvalue weighted by Gasteiger charge is -1.94. The highest BCUT2D eigenvalue weighted by molar-refractivity contribution is 5.65. The monoisotopic (exact) mass is 270 g/mol. The summed E-state index contributed by atoms with van der Waals surface area (Å²) in [5.74, 6) is -0.833. The van der Waals surface area contributed by atoms with Gasteiger partial charge in [0.2, 0.25) is 0 Å². The van der Waals surface area contributed by atoms with Crippen molar-refractivity contribution in [1.82, 2.24) is 0 Å². The lowest BCUT2D eigenvalue weighted by Crippen LogP contribution is -1.78. The van der Waals surface area contributed by atoms with E-state index in [0.717, 1.165) is 31.6 Å². The van der Waals surface area contributed by atoms with E-state index in [-0.39, 0.29) is 0 Å². The zero-order valence-corrected chi connectivity index (χ0v) is 13.3. The van der Waals surface area contributed by atoms with Crippen molar-refractivity contribution in [2.24, 2.45) is 0 Å². The summed E-state index contributed by atoms with van der Waals surface area (Å²) in [6, 6.07) is 0. The van der Waals surface area contributed by atoms with Gasteiger partial charge in [-0.1, -0.05) is 43.9 Å². The van der Waals surface area contributed by atoms with E-state index >= 15 is 0 Å². The van der Waals surface area contributed by atoms with Gasteiger partial charge in [-0.15, -0.1) is 0 Å². The van der Waals surface area contributed by atoms with Gasteiger partial charge in [0.1, 0.15) is 6.29 Å². The van der Waals surface area contributed by atoms with Crippen LogP contribution in [0, 0.1) is 0 Å². The van der Waals surface area contributed by atoms with Crippen molar-refractivity contribution in [1.29, 1.82) is 0 Å². The van der Waals surface area contributed by atoms with E-state index in [2.05, 4.69) is 33.8 Å². The van der Waals surface area contributed by atoms with Crippen LogP contribution in [0.3, 0.4) is 0 Å². The minimum atomic E-state index is -0.833. The summed E-state index contributed by atoms with van der Waals surface area (Å²) < 4.78 is 0. The molecule has 0 aliphatic carbocycles. The second kappa shape index (κ2) is 19.0. The van der Waals surface area contributed by atoms with Crippen molar-refractivity contribution in [3.8, 4) is 0 Å². The number of carboxylic acid groups (broad SMARTS) is 1. The summed E-state index contributed by atoms with van der Waals surface area (Å²) in [5.41, 5.74) is 2.49. The first-order valence-corrected chi connectivity index (χ1v) is 6.75. The Morgan fingerprint density at radius 2 is 1.47 bits per heavy atom. The number of hydrogen-bond donors (Lipinski definition) is 1. The van der Waals surface area contributed by atoms with Crippen LogP contribution in [0.2, 0.25) is 0 Å². The van der Waals surface area contributed by atoms with Gasteiger partial charge in [-0.3, -0.25) is 9.59 Å². The second-order valence-electron chi connectivity index (χ2n) is 4.49. The third-order valence-corrected chi connectivity index (χ3v) is 1.94. The van der Waals surface area contributed by atoms with E-state index in [1.165, 1.54) is 18.4 Å². The van der Waals surface area contributed by atoms with Crippen molar-refractivity contribution < 1.29 is 14.7 Å². The highest BCUT2D eigenvalue weighted by atomic mass is 16.4. The number of carbonyl (C=O) groups excluding carboxylic acids is 1. The molecule has 0 bridgehead atoms. The summed E-state index contributed by atoms with van der Waals surface area (Å²) in [5, 5.41) is 7.42. The van der Waals surface area contributed by atoms with Crippen molar-refractivity contribution in [3.63, 3.8) is 0 Å². The molecule has 0 saturated carbocycles. The Hall–Kier alpha value is -1.38. The molecule has 0 aliphatic rings. The first-order chi connectivity index (χ1) is 8.81. The molecule has 0 fully saturated rings. The van der Waals surface area contributed by atoms with E-state index in [9.17, 15) is 4.79 Å². The van der Waals surface area contributed by atoms with Gasteiger partial charge in [-0.05, 0) is 39.7 Å². The number of carbonyl (C=O) groups is 2. The molecule has 0 unspecified atom stereocenters. The Kier molecular flexibility index (Phi) is 22.7. The molecule has 0 aromatic heterocycles. The third-order valence-electron chi connectivity index (χ3n) is 1.94. The van der Waals surface area contributed by atoms with Crippen LogP contribution < -0.4 is 0 Å². The number of allylic oxidation sites excluding steroid dienone is 4. The van der Waals surface area contributed by atoms with Crippen LogP contribution in [0.15, 0.2) is 23.3 Å². The smallest absolute Gasteiger partial charge is 0.300 e. The molecule has 19 heavy (non-hydrogen) atoms. The summed E-state index contributed by atoms with van der Waals surface area (Å²) in [6.07, 6.45) is 9.32. The fourth-order valence-electron chi connectivity index (χ4n) is 0.788. The van der Waals surface area contributed by atoms with Crippen molar-refractivity contribution in [2.45, 2.75) is 67.2 Å². The molecule has 3 heteroatoms. The maximum absolute atomic E-state index is 10.0. The van der Waals surface area contributed by atoms with E-state index in [4.69, 9.17) is 9.90 Å². The number of carboxylic acids is 1. The molecule has 0 spiro atoms. The lowest BCUT2D eigenvalue weighted by molar-refractivity contribution is -0.134. The Morgan fingerprint density at radius 3 is 1.74 bits per heavy atom. The maximum Gasteiger partial charge on any atom is 0.300 e. The van der Waals surface area contributed by atoms with Gasteiger partial charge in [-0.25, -0.2) is 0 Å². The average Bonchev–Trinajstić information content (AvgIpc) is 2.28. The SMILES string of the molecule is CC(=O)O.CC(C)=CCCC(C)=CC=O.CCCC. The van der Waals surface area contributed by atoms with Crippen LogP contribution in [0.4, 0.5) is 0 Å². The highest BCUT2D eigenvalue weighted by Gasteiger charge is 1.86. The topological polar surface area (TPSA) is 54.4 Å². The normalized spacial score (nSPS) is 9.26. The molecular formula is C16H30O3. The first-order valence-electron chi connectivity index (χ1n) is 6.75. The van der Waals surface area contributed by atoms with Gasteiger partial charge < -0.3 is 5.11 Å². The average molecular weight is 270 g/mol. The lowest BCUT2D eigenvalue weighted by atomic mass is 10.1. The van der Waals surface area contributed by atoms with E-state index in [1.807, 2.05) is 6.92 Å². The molecule has 112 valence electrons. The van der Waals surface area contributed by atoms with Crippen molar-refractivity contribution in [3.05, 3.63) is 23.3 Å². The van der Waals surface area contributed by atoms with E-state index in [0.29, 0.717) is 0 Å². The molecule has 1 N–H and O–H groups in total. The Morgan fingerprint density at radius 1 is 1.05 bits per heavy atom. The molecule has 0 aliphatic heterocycles. The molecule has 0 radical (unpaired) electrons. The van der Waals surface area contributed by atoms with Crippen LogP contribution >= 0.6 is 0 Å². The van der Waals surface area contributed by atoms with Gasteiger partial charge in [-0.2, -0.15) is 0 Å². The Bertz CT molecular complexity index is 266. The van der Waals surface area contributed by atoms with Crippen LogP contribution in [-0.4, -0.2) is 17.4 Å². The predicted molar refractivity (Wildman–Crippen MR) is 82.4 cm³/mol. The van der Waals surface area contributed by atoms with Gasteiger partial charge in [0.15, 0.2) is 0 Å². The quantitative estimate of drug-likeness (QED) is 0.444. The van der Waals surface area contributed by atoms with Crippen molar-refractivity contribution in [2.75, 3.05) is 0 Å². The highest BCUT2D eigenvalue weighted by Crippen LogP contribution is 2.05. The standard InChI is InChI=1S/C10H16O.C4H10.C2H4O2/c1-9(2)5-4-6-10(3)7-8-11;1-3-4-2;1-2(3)4/h5,7-8H,4,6H2,1-3H3;3-4H2,1-2H3;1H3,(H,3,4). The predicted octanol–water partition coefficient (Wildman–Crippen LogP) is 4.78. The molecule has 0 heterocycles. The molecule has 0 saturated heterocycles. The zero-order valence-electron chi connectivity index (χ0n) is 13.3. The molecule has 0 amide bonds. The third kappa shape index (κ3) is 47.8. The number of rotatable bonds is 5. The Balaban J connectivity index is -0.000000264. The minimum absolute atomic E-state index is 0.833. The van der Waals surface area contributed by atoms with Crippen LogP contribution in [0.25, 0.3) is 0 Å². The second-order valence-corrected chi connectivity index (χ2v) is 4.49. The molecule has 0 aromatic rings. The summed E-state index contributed by atoms with van der Waals surface area (Å²) in [6.45, 7) is 11.6. The van der Waals surface area contributed by atoms with E-state index < -0.39 is 5.97 Å². The number of aldehydes is 1. The number of hydrogen-bond acceptors (Lipinski definition) is 2. The van der Waals surface area contributed by atoms with E-state index in [1.54, 1.807) is 6.08 Å².